The normalized spacial score (nSPS) is 18.5. The number of primary amides is 1. The first-order valence-corrected chi connectivity index (χ1v) is 11.9. The van der Waals surface area contributed by atoms with Crippen molar-refractivity contribution in [2.75, 3.05) is 13.1 Å². The van der Waals surface area contributed by atoms with Crippen molar-refractivity contribution in [3.63, 3.8) is 0 Å². The van der Waals surface area contributed by atoms with Crippen molar-refractivity contribution in [2.24, 2.45) is 16.6 Å². The van der Waals surface area contributed by atoms with Crippen molar-refractivity contribution >= 4 is 17.4 Å². The third kappa shape index (κ3) is 4.77. The first-order chi connectivity index (χ1) is 17.0. The van der Waals surface area contributed by atoms with Gasteiger partial charge in [-0.2, -0.15) is 0 Å². The van der Waals surface area contributed by atoms with Crippen LogP contribution in [0.3, 0.4) is 0 Å². The van der Waals surface area contributed by atoms with Gasteiger partial charge in [-0.25, -0.2) is 4.39 Å². The molecule has 1 amide bonds. The SMILES string of the molecule is NC(=O)C(c1ccccc1F)N1CCC[C@@H](CC(=O)c2ccc3c(c2)C(c2ccncc2)=NC3)C1. The minimum Gasteiger partial charge on any atom is -0.368 e. The Hall–Kier alpha value is -3.71. The highest BCUT2D eigenvalue weighted by atomic mass is 19.1. The monoisotopic (exact) mass is 470 g/mol. The number of nitrogens with zero attached hydrogens (tertiary/aromatic N) is 3. The van der Waals surface area contributed by atoms with Crippen LogP contribution < -0.4 is 5.73 Å². The molecule has 35 heavy (non-hydrogen) atoms. The summed E-state index contributed by atoms with van der Waals surface area (Å²) in [7, 11) is 0. The van der Waals surface area contributed by atoms with Gasteiger partial charge in [-0.1, -0.05) is 30.3 Å². The van der Waals surface area contributed by atoms with Crippen molar-refractivity contribution in [3.8, 4) is 0 Å². The van der Waals surface area contributed by atoms with Crippen LogP contribution in [0.15, 0.2) is 72.0 Å². The molecule has 2 aliphatic rings. The van der Waals surface area contributed by atoms with E-state index in [9.17, 15) is 14.0 Å². The zero-order valence-corrected chi connectivity index (χ0v) is 19.4. The van der Waals surface area contributed by atoms with E-state index in [4.69, 9.17) is 5.73 Å². The number of halogens is 1. The first-order valence-electron chi connectivity index (χ1n) is 11.9. The maximum absolute atomic E-state index is 14.4. The molecule has 3 aromatic rings. The number of fused-ring (bicyclic) bond motifs is 1. The van der Waals surface area contributed by atoms with Crippen LogP contribution in [0.5, 0.6) is 0 Å². The van der Waals surface area contributed by atoms with E-state index in [1.54, 1.807) is 30.6 Å². The summed E-state index contributed by atoms with van der Waals surface area (Å²) in [4.78, 5) is 36.2. The number of likely N-dealkylation sites (tertiary alicyclic amines) is 1. The molecule has 0 aliphatic carbocycles. The number of ketones is 1. The van der Waals surface area contributed by atoms with E-state index in [1.165, 1.54) is 6.07 Å². The Morgan fingerprint density at radius 1 is 1.11 bits per heavy atom. The highest BCUT2D eigenvalue weighted by Crippen LogP contribution is 2.31. The first kappa shape index (κ1) is 23.1. The van der Waals surface area contributed by atoms with Gasteiger partial charge in [0, 0.05) is 47.6 Å². The van der Waals surface area contributed by atoms with E-state index in [2.05, 4.69) is 9.98 Å². The van der Waals surface area contributed by atoms with Gasteiger partial charge < -0.3 is 5.73 Å². The van der Waals surface area contributed by atoms with Gasteiger partial charge in [-0.05, 0) is 55.1 Å². The summed E-state index contributed by atoms with van der Waals surface area (Å²) < 4.78 is 14.4. The van der Waals surface area contributed by atoms with Gasteiger partial charge in [-0.3, -0.25) is 24.5 Å². The molecule has 0 radical (unpaired) electrons. The lowest BCUT2D eigenvalue weighted by Gasteiger charge is -2.37. The number of amides is 1. The molecule has 0 spiro atoms. The van der Waals surface area contributed by atoms with Crippen molar-refractivity contribution in [3.05, 3.63) is 101 Å². The molecule has 178 valence electrons. The molecule has 1 aromatic heterocycles. The molecule has 5 rings (SSSR count). The quantitative estimate of drug-likeness (QED) is 0.527. The fourth-order valence-corrected chi connectivity index (χ4v) is 5.22. The molecule has 2 N–H and O–H groups in total. The maximum Gasteiger partial charge on any atom is 0.239 e. The zero-order valence-electron chi connectivity index (χ0n) is 19.4. The Kier molecular flexibility index (Phi) is 6.51. The van der Waals surface area contributed by atoms with Crippen LogP contribution in [0.25, 0.3) is 0 Å². The van der Waals surface area contributed by atoms with Crippen molar-refractivity contribution in [1.29, 1.82) is 0 Å². The van der Waals surface area contributed by atoms with Crippen LogP contribution in [0.4, 0.5) is 4.39 Å². The van der Waals surface area contributed by atoms with E-state index in [1.807, 2.05) is 35.2 Å². The van der Waals surface area contributed by atoms with E-state index < -0.39 is 17.8 Å². The predicted octanol–water partition coefficient (Wildman–Crippen LogP) is 4.08. The number of aromatic nitrogens is 1. The van der Waals surface area contributed by atoms with Crippen molar-refractivity contribution in [1.82, 2.24) is 9.88 Å². The third-order valence-electron chi connectivity index (χ3n) is 6.91. The van der Waals surface area contributed by atoms with Crippen LogP contribution in [0.2, 0.25) is 0 Å². The second kappa shape index (κ2) is 9.88. The van der Waals surface area contributed by atoms with Crippen molar-refractivity contribution in [2.45, 2.75) is 31.8 Å². The maximum atomic E-state index is 14.4. The van der Waals surface area contributed by atoms with Crippen LogP contribution in [-0.2, 0) is 11.3 Å². The summed E-state index contributed by atoms with van der Waals surface area (Å²) >= 11 is 0. The molecule has 2 aliphatic heterocycles. The fraction of sp³-hybridized carbons (Fsp3) is 0.286. The average Bonchev–Trinajstić information content (AvgIpc) is 3.29. The van der Waals surface area contributed by atoms with Gasteiger partial charge >= 0.3 is 0 Å². The van der Waals surface area contributed by atoms with Crippen LogP contribution in [0, 0.1) is 11.7 Å². The van der Waals surface area contributed by atoms with Gasteiger partial charge in [0.2, 0.25) is 5.91 Å². The second-order valence-corrected chi connectivity index (χ2v) is 9.23. The lowest BCUT2D eigenvalue weighted by Crippen LogP contribution is -2.44. The number of nitrogens with two attached hydrogens (primary N) is 1. The number of benzene rings is 2. The molecule has 1 saturated heterocycles. The summed E-state index contributed by atoms with van der Waals surface area (Å²) in [6, 6.07) is 15.0. The predicted molar refractivity (Wildman–Crippen MR) is 132 cm³/mol. The molecule has 1 unspecified atom stereocenters. The molecule has 3 heterocycles. The smallest absolute Gasteiger partial charge is 0.239 e. The van der Waals surface area contributed by atoms with Crippen LogP contribution in [-0.4, -0.2) is 40.4 Å². The third-order valence-corrected chi connectivity index (χ3v) is 6.91. The summed E-state index contributed by atoms with van der Waals surface area (Å²) in [5.74, 6) is -0.906. The number of hydrogen-bond acceptors (Lipinski definition) is 5. The van der Waals surface area contributed by atoms with E-state index in [0.29, 0.717) is 31.6 Å². The van der Waals surface area contributed by atoms with E-state index >= 15 is 0 Å². The Bertz CT molecular complexity index is 1290. The minimum atomic E-state index is -0.840. The van der Waals surface area contributed by atoms with Gasteiger partial charge in [0.1, 0.15) is 11.9 Å². The lowest BCUT2D eigenvalue weighted by molar-refractivity contribution is -0.124. The molecule has 0 bridgehead atoms. The highest BCUT2D eigenvalue weighted by Gasteiger charge is 2.33. The Labute approximate surface area is 203 Å². The van der Waals surface area contributed by atoms with Crippen LogP contribution in [0.1, 0.15) is 57.9 Å². The number of Topliss-reactive ketones (excluding diaryl/α,β-unsaturated/α-hetero) is 1. The number of hydrogen-bond donors (Lipinski definition) is 1. The molecule has 6 nitrogen and oxygen atoms in total. The standard InChI is InChI=1S/C28H27FN4O2/c29-24-6-2-1-5-22(24)27(28(30)35)33-13-3-4-18(17-33)14-25(34)20-7-8-21-16-32-26(23(21)15-20)19-9-11-31-12-10-19/h1-2,5-12,15,18,27H,3-4,13-14,16-17H2,(H2,30,35)/t18-,27?/m0/s1. The van der Waals surface area contributed by atoms with Crippen LogP contribution >= 0.6 is 0 Å². The van der Waals surface area contributed by atoms with Gasteiger partial charge in [0.05, 0.1) is 12.3 Å². The summed E-state index contributed by atoms with van der Waals surface area (Å²) in [6.45, 7) is 1.75. The summed E-state index contributed by atoms with van der Waals surface area (Å²) in [5.41, 5.74) is 10.6. The summed E-state index contributed by atoms with van der Waals surface area (Å²) in [5, 5.41) is 0. The van der Waals surface area contributed by atoms with Gasteiger partial charge in [-0.15, -0.1) is 0 Å². The number of pyridine rings is 1. The Morgan fingerprint density at radius 3 is 2.69 bits per heavy atom. The molecular weight excluding hydrogens is 443 g/mol. The van der Waals surface area contributed by atoms with Gasteiger partial charge in [0.25, 0.3) is 0 Å². The number of aliphatic imine (C=N–C) groups is 1. The average molecular weight is 471 g/mol. The fourth-order valence-electron chi connectivity index (χ4n) is 5.22. The minimum absolute atomic E-state index is 0.0575. The Morgan fingerprint density at radius 2 is 1.91 bits per heavy atom. The molecule has 0 saturated carbocycles. The van der Waals surface area contributed by atoms with E-state index in [-0.39, 0.29) is 17.3 Å². The molecule has 2 aromatic carbocycles. The van der Waals surface area contributed by atoms with Crippen molar-refractivity contribution < 1.29 is 14.0 Å². The highest BCUT2D eigenvalue weighted by molar-refractivity contribution is 6.16. The lowest BCUT2D eigenvalue weighted by atomic mass is 9.88. The Balaban J connectivity index is 1.31. The number of rotatable bonds is 7. The van der Waals surface area contributed by atoms with Gasteiger partial charge in [0.15, 0.2) is 5.78 Å². The zero-order chi connectivity index (χ0) is 24.4. The summed E-state index contributed by atoms with van der Waals surface area (Å²) in [6.07, 6.45) is 5.53. The molecule has 2 atom stereocenters. The topological polar surface area (TPSA) is 88.7 Å². The second-order valence-electron chi connectivity index (χ2n) is 9.23. The molecule has 7 heteroatoms. The molecule has 1 fully saturated rings. The number of carbonyl (C=O) groups is 2. The number of piperidine rings is 1. The number of carbonyl (C=O) groups excluding carboxylic acids is 2. The van der Waals surface area contributed by atoms with E-state index in [0.717, 1.165) is 35.2 Å². The largest absolute Gasteiger partial charge is 0.368 e. The molecular formula is C28H27FN4O2.